The topological polar surface area (TPSA) is 74.6 Å². The number of pyridine rings is 1. The summed E-state index contributed by atoms with van der Waals surface area (Å²) in [6.07, 6.45) is 1.62. The Morgan fingerprint density at radius 3 is 3.00 bits per heavy atom. The van der Waals surface area contributed by atoms with Gasteiger partial charge in [-0.3, -0.25) is 0 Å². The fourth-order valence-corrected chi connectivity index (χ4v) is 2.58. The van der Waals surface area contributed by atoms with Crippen molar-refractivity contribution >= 4 is 22.8 Å². The summed E-state index contributed by atoms with van der Waals surface area (Å²) in [6, 6.07) is 11.2. The van der Waals surface area contributed by atoms with Crippen LogP contribution < -0.4 is 4.74 Å². The maximum atomic E-state index is 8.88. The number of fused-ring (bicyclic) bond motifs is 1. The van der Waals surface area contributed by atoms with Crippen molar-refractivity contribution in [1.82, 2.24) is 15.0 Å². The minimum absolute atomic E-state index is 0.584. The first-order valence-electron chi connectivity index (χ1n) is 5.86. The Morgan fingerprint density at radius 2 is 2.20 bits per heavy atom. The van der Waals surface area contributed by atoms with E-state index >= 15 is 0 Å². The molecule has 0 spiro atoms. The van der Waals surface area contributed by atoms with Gasteiger partial charge in [0.1, 0.15) is 10.8 Å². The highest BCUT2D eigenvalue weighted by molar-refractivity contribution is 7.99. The molecule has 0 aliphatic rings. The van der Waals surface area contributed by atoms with Crippen LogP contribution in [0.5, 0.6) is 5.75 Å². The average molecular weight is 282 g/mol. The van der Waals surface area contributed by atoms with Crippen molar-refractivity contribution in [2.75, 3.05) is 7.11 Å². The van der Waals surface area contributed by atoms with Crippen molar-refractivity contribution in [3.05, 3.63) is 42.1 Å². The van der Waals surface area contributed by atoms with Gasteiger partial charge in [0.2, 0.25) is 0 Å². The first kappa shape index (κ1) is 12.5. The summed E-state index contributed by atoms with van der Waals surface area (Å²) in [5.41, 5.74) is 2.35. The summed E-state index contributed by atoms with van der Waals surface area (Å²) < 4.78 is 5.18. The molecule has 0 bridgehead atoms. The van der Waals surface area contributed by atoms with E-state index in [-0.39, 0.29) is 0 Å². The number of imidazole rings is 1. The van der Waals surface area contributed by atoms with Gasteiger partial charge in [-0.25, -0.2) is 9.97 Å². The van der Waals surface area contributed by atoms with E-state index in [9.17, 15) is 0 Å². The molecule has 3 aromatic rings. The van der Waals surface area contributed by atoms with E-state index in [1.54, 1.807) is 25.4 Å². The number of benzene rings is 1. The molecule has 0 aliphatic carbocycles. The minimum Gasteiger partial charge on any atom is -0.497 e. The van der Waals surface area contributed by atoms with Crippen LogP contribution in [-0.2, 0) is 0 Å². The SMILES string of the molecule is COc1ccc2nc(Sc3cc(C#N)ccn3)[nH]c2c1. The zero-order valence-corrected chi connectivity index (χ0v) is 11.4. The second-order valence-corrected chi connectivity index (χ2v) is 5.03. The Labute approximate surface area is 119 Å². The predicted octanol–water partition coefficient (Wildman–Crippen LogP) is 2.99. The smallest absolute Gasteiger partial charge is 0.172 e. The average Bonchev–Trinajstić information content (AvgIpc) is 2.88. The fourth-order valence-electron chi connectivity index (χ4n) is 1.77. The molecule has 5 nitrogen and oxygen atoms in total. The Bertz CT molecular complexity index is 806. The summed E-state index contributed by atoms with van der Waals surface area (Å²) in [5.74, 6) is 0.780. The van der Waals surface area contributed by atoms with E-state index in [2.05, 4.69) is 21.0 Å². The van der Waals surface area contributed by atoms with Crippen molar-refractivity contribution in [2.24, 2.45) is 0 Å². The highest BCUT2D eigenvalue weighted by atomic mass is 32.2. The Balaban J connectivity index is 1.92. The molecule has 0 fully saturated rings. The number of hydrogen-bond donors (Lipinski definition) is 1. The lowest BCUT2D eigenvalue weighted by Crippen LogP contribution is -1.82. The molecule has 0 amide bonds. The van der Waals surface area contributed by atoms with Gasteiger partial charge in [-0.2, -0.15) is 5.26 Å². The number of methoxy groups -OCH3 is 1. The summed E-state index contributed by atoms with van der Waals surface area (Å²) in [7, 11) is 1.63. The number of nitriles is 1. The Morgan fingerprint density at radius 1 is 1.30 bits per heavy atom. The van der Waals surface area contributed by atoms with E-state index < -0.39 is 0 Å². The number of rotatable bonds is 3. The number of aromatic nitrogens is 3. The maximum absolute atomic E-state index is 8.88. The lowest BCUT2D eigenvalue weighted by Gasteiger charge is -1.97. The minimum atomic E-state index is 0.584. The van der Waals surface area contributed by atoms with Crippen molar-refractivity contribution in [3.63, 3.8) is 0 Å². The number of nitrogens with one attached hydrogen (secondary N) is 1. The lowest BCUT2D eigenvalue weighted by molar-refractivity contribution is 0.415. The van der Waals surface area contributed by atoms with Gasteiger partial charge in [-0.05, 0) is 36.0 Å². The third-order valence-electron chi connectivity index (χ3n) is 2.73. The van der Waals surface area contributed by atoms with E-state index in [1.807, 2.05) is 18.2 Å². The molecular weight excluding hydrogens is 272 g/mol. The van der Waals surface area contributed by atoms with Gasteiger partial charge >= 0.3 is 0 Å². The quantitative estimate of drug-likeness (QED) is 0.799. The van der Waals surface area contributed by atoms with Gasteiger partial charge in [0, 0.05) is 12.3 Å². The largest absolute Gasteiger partial charge is 0.497 e. The third-order valence-corrected chi connectivity index (χ3v) is 3.55. The number of hydrogen-bond acceptors (Lipinski definition) is 5. The molecule has 1 aromatic carbocycles. The van der Waals surface area contributed by atoms with Crippen molar-refractivity contribution < 1.29 is 4.74 Å². The second kappa shape index (κ2) is 5.23. The van der Waals surface area contributed by atoms with Crippen LogP contribution in [0.4, 0.5) is 0 Å². The van der Waals surface area contributed by atoms with Crippen LogP contribution in [0.1, 0.15) is 5.56 Å². The van der Waals surface area contributed by atoms with Crippen molar-refractivity contribution in [3.8, 4) is 11.8 Å². The van der Waals surface area contributed by atoms with Crippen LogP contribution in [0.3, 0.4) is 0 Å². The Hall–Kier alpha value is -2.52. The molecule has 0 radical (unpaired) electrons. The number of H-pyrrole nitrogens is 1. The number of ether oxygens (including phenoxy) is 1. The van der Waals surface area contributed by atoms with Crippen LogP contribution in [0.2, 0.25) is 0 Å². The third kappa shape index (κ3) is 2.44. The van der Waals surface area contributed by atoms with Gasteiger partial charge in [0.05, 0.1) is 29.8 Å². The zero-order chi connectivity index (χ0) is 13.9. The molecule has 98 valence electrons. The predicted molar refractivity (Wildman–Crippen MR) is 75.7 cm³/mol. The molecule has 2 heterocycles. The van der Waals surface area contributed by atoms with Gasteiger partial charge < -0.3 is 9.72 Å². The highest BCUT2D eigenvalue weighted by Crippen LogP contribution is 2.27. The highest BCUT2D eigenvalue weighted by Gasteiger charge is 2.07. The van der Waals surface area contributed by atoms with Crippen LogP contribution >= 0.6 is 11.8 Å². The number of aromatic amines is 1. The Kier molecular flexibility index (Phi) is 3.27. The van der Waals surface area contributed by atoms with Gasteiger partial charge in [-0.1, -0.05) is 0 Å². The number of nitrogens with zero attached hydrogens (tertiary/aromatic N) is 3. The summed E-state index contributed by atoms with van der Waals surface area (Å²) >= 11 is 1.39. The second-order valence-electron chi connectivity index (χ2n) is 4.02. The molecule has 3 rings (SSSR count). The lowest BCUT2D eigenvalue weighted by atomic mass is 10.3. The summed E-state index contributed by atoms with van der Waals surface area (Å²) in [5, 5.41) is 10.3. The summed E-state index contributed by atoms with van der Waals surface area (Å²) in [4.78, 5) is 11.9. The molecule has 1 N–H and O–H groups in total. The molecular formula is C14H10N4OS. The standard InChI is InChI=1S/C14H10N4OS/c1-19-10-2-3-11-12(7-10)18-14(17-11)20-13-6-9(8-15)4-5-16-13/h2-7H,1H3,(H,17,18). The molecule has 2 aromatic heterocycles. The van der Waals surface area contributed by atoms with Crippen LogP contribution in [0.15, 0.2) is 46.7 Å². The van der Waals surface area contributed by atoms with E-state index in [0.717, 1.165) is 27.0 Å². The normalized spacial score (nSPS) is 10.4. The molecule has 0 unspecified atom stereocenters. The van der Waals surface area contributed by atoms with E-state index in [1.165, 1.54) is 11.8 Å². The monoisotopic (exact) mass is 282 g/mol. The maximum Gasteiger partial charge on any atom is 0.172 e. The van der Waals surface area contributed by atoms with Gasteiger partial charge in [0.15, 0.2) is 5.16 Å². The summed E-state index contributed by atoms with van der Waals surface area (Å²) in [6.45, 7) is 0. The molecule has 0 saturated heterocycles. The zero-order valence-electron chi connectivity index (χ0n) is 10.6. The first-order valence-corrected chi connectivity index (χ1v) is 6.68. The molecule has 0 aliphatic heterocycles. The van der Waals surface area contributed by atoms with Gasteiger partial charge in [-0.15, -0.1) is 0 Å². The molecule has 0 saturated carbocycles. The molecule has 6 heteroatoms. The molecule has 0 atom stereocenters. The fraction of sp³-hybridized carbons (Fsp3) is 0.0714. The van der Waals surface area contributed by atoms with Crippen molar-refractivity contribution in [1.29, 1.82) is 5.26 Å². The van der Waals surface area contributed by atoms with Gasteiger partial charge in [0.25, 0.3) is 0 Å². The van der Waals surface area contributed by atoms with Crippen LogP contribution in [0, 0.1) is 11.3 Å². The van der Waals surface area contributed by atoms with Crippen LogP contribution in [0.25, 0.3) is 11.0 Å². The van der Waals surface area contributed by atoms with Crippen molar-refractivity contribution in [2.45, 2.75) is 10.2 Å². The van der Waals surface area contributed by atoms with E-state index in [4.69, 9.17) is 10.00 Å². The first-order chi connectivity index (χ1) is 9.78. The van der Waals surface area contributed by atoms with Crippen LogP contribution in [-0.4, -0.2) is 22.1 Å². The molecule has 20 heavy (non-hydrogen) atoms. The van der Waals surface area contributed by atoms with E-state index in [0.29, 0.717) is 5.56 Å².